The molecule has 1 aliphatic heterocycles. The number of nitrogens with one attached hydrogen (secondary N) is 1. The first-order valence-electron chi connectivity index (χ1n) is 10.7. The van der Waals surface area contributed by atoms with Gasteiger partial charge in [-0.15, -0.1) is 10.2 Å². The standard InChI is InChI=1S/C23H25N9O/c1-30-7-9-32(10-8-30)21-13-16(5-6-25-21)23(33)27-20-12-17-11-15(3-4-19(17)28-29-20)18-14-26-31(2)22(18)24/h3-6,11-14H,7-10,24H2,1-2H3,(H,27,29,33). The summed E-state index contributed by atoms with van der Waals surface area (Å²) in [6, 6.07) is 11.1. The number of nitrogens with two attached hydrogens (primary N) is 1. The molecule has 0 atom stereocenters. The molecule has 0 bridgehead atoms. The number of carbonyl (C=O) groups is 1. The van der Waals surface area contributed by atoms with E-state index in [1.165, 1.54) is 0 Å². The number of nitrogens with zero attached hydrogens (tertiary/aromatic N) is 7. The van der Waals surface area contributed by atoms with Crippen LogP contribution in [-0.4, -0.2) is 69.0 Å². The second-order valence-electron chi connectivity index (χ2n) is 8.22. The molecule has 3 aromatic heterocycles. The van der Waals surface area contributed by atoms with E-state index in [4.69, 9.17) is 5.73 Å². The molecule has 5 rings (SSSR count). The molecule has 10 nitrogen and oxygen atoms in total. The van der Waals surface area contributed by atoms with Crippen LogP contribution >= 0.6 is 0 Å². The summed E-state index contributed by atoms with van der Waals surface area (Å²) in [6.07, 6.45) is 3.40. The van der Waals surface area contributed by atoms with Gasteiger partial charge in [-0.3, -0.25) is 9.48 Å². The van der Waals surface area contributed by atoms with Gasteiger partial charge in [0, 0.05) is 55.9 Å². The maximum absolute atomic E-state index is 12.9. The van der Waals surface area contributed by atoms with Crippen molar-refractivity contribution >= 4 is 34.3 Å². The van der Waals surface area contributed by atoms with E-state index in [2.05, 4.69) is 42.4 Å². The minimum Gasteiger partial charge on any atom is -0.383 e. The van der Waals surface area contributed by atoms with Crippen LogP contribution in [0.15, 0.2) is 48.8 Å². The highest BCUT2D eigenvalue weighted by atomic mass is 16.1. The Bertz CT molecular complexity index is 1320. The molecule has 4 aromatic rings. The van der Waals surface area contributed by atoms with Crippen molar-refractivity contribution in [1.29, 1.82) is 0 Å². The zero-order chi connectivity index (χ0) is 22.9. The third kappa shape index (κ3) is 4.20. The fraction of sp³-hybridized carbons (Fsp3) is 0.261. The third-order valence-electron chi connectivity index (χ3n) is 5.96. The van der Waals surface area contributed by atoms with Crippen molar-refractivity contribution < 1.29 is 4.79 Å². The average molecular weight is 444 g/mol. The van der Waals surface area contributed by atoms with Crippen LogP contribution in [0.4, 0.5) is 17.5 Å². The Kier molecular flexibility index (Phi) is 5.35. The van der Waals surface area contributed by atoms with Crippen molar-refractivity contribution in [2.24, 2.45) is 7.05 Å². The normalized spacial score (nSPS) is 14.5. The lowest BCUT2D eigenvalue weighted by Crippen LogP contribution is -2.44. The number of amides is 1. The minimum absolute atomic E-state index is 0.255. The Morgan fingerprint density at radius 3 is 2.61 bits per heavy atom. The zero-order valence-corrected chi connectivity index (χ0v) is 18.6. The molecule has 1 fully saturated rings. The molecule has 0 saturated carbocycles. The molecule has 1 saturated heterocycles. The molecule has 1 aliphatic rings. The second-order valence-corrected chi connectivity index (χ2v) is 8.22. The summed E-state index contributed by atoms with van der Waals surface area (Å²) in [5.74, 6) is 1.51. The fourth-order valence-electron chi connectivity index (χ4n) is 3.90. The maximum Gasteiger partial charge on any atom is 0.257 e. The van der Waals surface area contributed by atoms with Crippen LogP contribution in [0.25, 0.3) is 22.0 Å². The number of pyridine rings is 1. The van der Waals surface area contributed by atoms with Crippen molar-refractivity contribution in [2.45, 2.75) is 0 Å². The van der Waals surface area contributed by atoms with Gasteiger partial charge in [-0.2, -0.15) is 5.10 Å². The number of carbonyl (C=O) groups excluding carboxylic acids is 1. The molecule has 10 heteroatoms. The van der Waals surface area contributed by atoms with Crippen molar-refractivity contribution in [3.63, 3.8) is 0 Å². The molecule has 0 aliphatic carbocycles. The number of aromatic nitrogens is 5. The number of hydrogen-bond acceptors (Lipinski definition) is 8. The first kappa shape index (κ1) is 20.8. The second kappa shape index (κ2) is 8.47. The first-order valence-corrected chi connectivity index (χ1v) is 10.7. The summed E-state index contributed by atoms with van der Waals surface area (Å²) < 4.78 is 1.63. The average Bonchev–Trinajstić information content (AvgIpc) is 3.17. The SMILES string of the molecule is CN1CCN(c2cc(C(=O)Nc3cc4cc(-c5cnn(C)c5N)ccc4nn3)ccn2)CC1. The highest BCUT2D eigenvalue weighted by Crippen LogP contribution is 2.28. The highest BCUT2D eigenvalue weighted by Gasteiger charge is 2.17. The molecule has 168 valence electrons. The van der Waals surface area contributed by atoms with Gasteiger partial charge in [0.25, 0.3) is 5.91 Å². The zero-order valence-electron chi connectivity index (χ0n) is 18.6. The number of likely N-dealkylation sites (N-methyl/N-ethyl adjacent to an activating group) is 1. The summed E-state index contributed by atoms with van der Waals surface area (Å²) in [6.45, 7) is 3.71. The van der Waals surface area contributed by atoms with E-state index in [-0.39, 0.29) is 5.91 Å². The van der Waals surface area contributed by atoms with E-state index in [0.29, 0.717) is 17.2 Å². The molecule has 0 radical (unpaired) electrons. The molecule has 0 spiro atoms. The van der Waals surface area contributed by atoms with Gasteiger partial charge in [0.05, 0.1) is 11.7 Å². The lowest BCUT2D eigenvalue weighted by atomic mass is 10.1. The lowest BCUT2D eigenvalue weighted by Gasteiger charge is -2.33. The Morgan fingerprint density at radius 2 is 1.85 bits per heavy atom. The fourth-order valence-corrected chi connectivity index (χ4v) is 3.90. The minimum atomic E-state index is -0.255. The van der Waals surface area contributed by atoms with Gasteiger partial charge in [0.2, 0.25) is 0 Å². The third-order valence-corrected chi connectivity index (χ3v) is 5.96. The smallest absolute Gasteiger partial charge is 0.257 e. The number of anilines is 3. The first-order chi connectivity index (χ1) is 16.0. The van der Waals surface area contributed by atoms with Crippen molar-refractivity contribution in [3.05, 3.63) is 54.4 Å². The summed E-state index contributed by atoms with van der Waals surface area (Å²) in [5.41, 5.74) is 9.13. The molecule has 33 heavy (non-hydrogen) atoms. The van der Waals surface area contributed by atoms with Crippen molar-refractivity contribution in [1.82, 2.24) is 29.9 Å². The number of hydrogen-bond donors (Lipinski definition) is 2. The summed E-state index contributed by atoms with van der Waals surface area (Å²) in [7, 11) is 3.90. The van der Waals surface area contributed by atoms with Crippen molar-refractivity contribution in [2.75, 3.05) is 49.2 Å². The molecule has 1 aromatic carbocycles. The lowest BCUT2D eigenvalue weighted by molar-refractivity contribution is 0.102. The molecular weight excluding hydrogens is 418 g/mol. The summed E-state index contributed by atoms with van der Waals surface area (Å²) in [5, 5.41) is 16.3. The quantitative estimate of drug-likeness (QED) is 0.492. The number of aryl methyl sites for hydroxylation is 1. The largest absolute Gasteiger partial charge is 0.383 e. The van der Waals surface area contributed by atoms with Crippen LogP contribution in [0, 0.1) is 0 Å². The van der Waals surface area contributed by atoms with Gasteiger partial charge < -0.3 is 20.9 Å². The molecule has 3 N–H and O–H groups in total. The van der Waals surface area contributed by atoms with E-state index < -0.39 is 0 Å². The number of piperazine rings is 1. The Hall–Kier alpha value is -4.05. The Morgan fingerprint density at radius 1 is 1.03 bits per heavy atom. The summed E-state index contributed by atoms with van der Waals surface area (Å²) >= 11 is 0. The molecule has 4 heterocycles. The topological polar surface area (TPSA) is 118 Å². The van der Waals surface area contributed by atoms with E-state index in [0.717, 1.165) is 54.0 Å². The van der Waals surface area contributed by atoms with Crippen LogP contribution in [0.3, 0.4) is 0 Å². The van der Waals surface area contributed by atoms with E-state index in [1.54, 1.807) is 36.3 Å². The Balaban J connectivity index is 1.37. The maximum atomic E-state index is 12.9. The highest BCUT2D eigenvalue weighted by molar-refractivity contribution is 6.04. The number of rotatable bonds is 4. The molecule has 1 amide bonds. The van der Waals surface area contributed by atoms with Gasteiger partial charge >= 0.3 is 0 Å². The number of fused-ring (bicyclic) bond motifs is 1. The predicted octanol–water partition coefficient (Wildman–Crippen LogP) is 2.01. The van der Waals surface area contributed by atoms with E-state index >= 15 is 0 Å². The van der Waals surface area contributed by atoms with E-state index in [9.17, 15) is 4.79 Å². The van der Waals surface area contributed by atoms with Gasteiger partial charge in [-0.1, -0.05) is 6.07 Å². The van der Waals surface area contributed by atoms with Crippen LogP contribution in [0.2, 0.25) is 0 Å². The number of benzene rings is 1. The van der Waals surface area contributed by atoms with E-state index in [1.807, 2.05) is 24.3 Å². The van der Waals surface area contributed by atoms with Crippen LogP contribution in [-0.2, 0) is 7.05 Å². The summed E-state index contributed by atoms with van der Waals surface area (Å²) in [4.78, 5) is 21.8. The van der Waals surface area contributed by atoms with Crippen LogP contribution < -0.4 is 16.0 Å². The molecule has 0 unspecified atom stereocenters. The van der Waals surface area contributed by atoms with Gasteiger partial charge in [0.15, 0.2) is 5.82 Å². The Labute approximate surface area is 191 Å². The van der Waals surface area contributed by atoms with Crippen LogP contribution in [0.1, 0.15) is 10.4 Å². The van der Waals surface area contributed by atoms with Crippen molar-refractivity contribution in [3.8, 4) is 11.1 Å². The van der Waals surface area contributed by atoms with Gasteiger partial charge in [0.1, 0.15) is 11.6 Å². The number of nitrogen functional groups attached to an aromatic ring is 1. The van der Waals surface area contributed by atoms with Gasteiger partial charge in [-0.25, -0.2) is 4.98 Å². The van der Waals surface area contributed by atoms with Crippen LogP contribution in [0.5, 0.6) is 0 Å². The molecular formula is C23H25N9O. The predicted molar refractivity (Wildman–Crippen MR) is 128 cm³/mol. The van der Waals surface area contributed by atoms with Gasteiger partial charge in [-0.05, 0) is 42.9 Å². The monoisotopic (exact) mass is 443 g/mol.